The highest BCUT2D eigenvalue weighted by Gasteiger charge is 2.24. The number of hydrogen-bond acceptors (Lipinski definition) is 4. The van der Waals surface area contributed by atoms with Crippen LogP contribution < -0.4 is 5.32 Å². The van der Waals surface area contributed by atoms with Crippen molar-refractivity contribution in [3.05, 3.63) is 29.3 Å². The molecule has 0 aromatic heterocycles. The summed E-state index contributed by atoms with van der Waals surface area (Å²) in [6.07, 6.45) is -0.426. The van der Waals surface area contributed by atoms with E-state index in [0.717, 1.165) is 4.90 Å². The van der Waals surface area contributed by atoms with Crippen molar-refractivity contribution in [2.24, 2.45) is 0 Å². The monoisotopic (exact) mass is 317 g/mol. The number of carbonyl (C=O) groups is 2. The molecule has 7 heteroatoms. The molecule has 0 saturated carbocycles. The van der Waals surface area contributed by atoms with Crippen LogP contribution in [-0.4, -0.2) is 40.0 Å². The minimum atomic E-state index is -1.46. The first-order chi connectivity index (χ1) is 9.30. The van der Waals surface area contributed by atoms with Crippen LogP contribution in [-0.2, 0) is 9.59 Å². The maximum atomic E-state index is 11.6. The van der Waals surface area contributed by atoms with Crippen LogP contribution >= 0.6 is 23.4 Å². The Morgan fingerprint density at radius 3 is 2.65 bits per heavy atom. The highest BCUT2D eigenvalue weighted by atomic mass is 35.5. The van der Waals surface area contributed by atoms with Crippen LogP contribution in [0.2, 0.25) is 5.02 Å². The Morgan fingerprint density at radius 2 is 2.05 bits per heavy atom. The van der Waals surface area contributed by atoms with Crippen molar-refractivity contribution < 1.29 is 19.8 Å². The summed E-state index contributed by atoms with van der Waals surface area (Å²) in [7, 11) is 0. The molecule has 1 amide bonds. The molecular weight excluding hydrogens is 302 g/mol. The Kier molecular flexibility index (Phi) is 6.32. The maximum Gasteiger partial charge on any atom is 0.306 e. The van der Waals surface area contributed by atoms with Crippen molar-refractivity contribution in [2.45, 2.75) is 23.8 Å². The van der Waals surface area contributed by atoms with Crippen LogP contribution in [0.4, 0.5) is 0 Å². The van der Waals surface area contributed by atoms with Gasteiger partial charge in [0.1, 0.15) is 0 Å². The summed E-state index contributed by atoms with van der Waals surface area (Å²) in [6.45, 7) is 1.25. The van der Waals surface area contributed by atoms with Gasteiger partial charge in [-0.3, -0.25) is 9.59 Å². The number of halogens is 1. The van der Waals surface area contributed by atoms with Crippen molar-refractivity contribution >= 4 is 35.2 Å². The Hall–Kier alpha value is -1.24. The second kappa shape index (κ2) is 7.52. The number of nitrogens with one attached hydrogen (secondary N) is 1. The maximum absolute atomic E-state index is 11.6. The van der Waals surface area contributed by atoms with Crippen molar-refractivity contribution in [3.63, 3.8) is 0 Å². The van der Waals surface area contributed by atoms with Gasteiger partial charge in [-0.2, -0.15) is 0 Å². The van der Waals surface area contributed by atoms with Crippen molar-refractivity contribution in [3.8, 4) is 0 Å². The zero-order chi connectivity index (χ0) is 15.2. The number of carboxylic acids is 1. The molecular formula is C13H16ClNO4S. The molecule has 0 heterocycles. The SMILES string of the molecule is CC(O)(CNC(=O)CSc1ccccc1Cl)CC(=O)O. The average Bonchev–Trinajstić information content (AvgIpc) is 2.34. The van der Waals surface area contributed by atoms with Gasteiger partial charge >= 0.3 is 5.97 Å². The van der Waals surface area contributed by atoms with Crippen molar-refractivity contribution in [1.82, 2.24) is 5.32 Å². The number of hydrogen-bond donors (Lipinski definition) is 3. The molecule has 0 bridgehead atoms. The van der Waals surface area contributed by atoms with E-state index >= 15 is 0 Å². The number of carboxylic acid groups (broad SMARTS) is 1. The van der Waals surface area contributed by atoms with Gasteiger partial charge in [0.2, 0.25) is 5.91 Å². The number of aliphatic hydroxyl groups is 1. The predicted octanol–water partition coefficient (Wildman–Crippen LogP) is 1.77. The standard InChI is InChI=1S/C13H16ClNO4S/c1-13(19,6-12(17)18)8-15-11(16)7-20-10-5-3-2-4-9(10)14/h2-5,19H,6-8H2,1H3,(H,15,16)(H,17,18). The van der Waals surface area contributed by atoms with Crippen LogP contribution in [0, 0.1) is 0 Å². The summed E-state index contributed by atoms with van der Waals surface area (Å²) in [5.41, 5.74) is -1.46. The topological polar surface area (TPSA) is 86.6 Å². The Morgan fingerprint density at radius 1 is 1.40 bits per heavy atom. The first-order valence-electron chi connectivity index (χ1n) is 5.88. The normalized spacial score (nSPS) is 13.6. The summed E-state index contributed by atoms with van der Waals surface area (Å²) in [5.74, 6) is -1.26. The second-order valence-electron chi connectivity index (χ2n) is 4.56. The zero-order valence-corrected chi connectivity index (χ0v) is 12.5. The molecule has 0 aliphatic carbocycles. The van der Waals surface area contributed by atoms with E-state index in [9.17, 15) is 14.7 Å². The van der Waals surface area contributed by atoms with Crippen molar-refractivity contribution in [2.75, 3.05) is 12.3 Å². The molecule has 110 valence electrons. The molecule has 20 heavy (non-hydrogen) atoms. The fraction of sp³-hybridized carbons (Fsp3) is 0.385. The van der Waals surface area contributed by atoms with E-state index in [1.54, 1.807) is 18.2 Å². The van der Waals surface area contributed by atoms with Gasteiger partial charge in [0.25, 0.3) is 0 Å². The molecule has 0 aliphatic heterocycles. The molecule has 1 aromatic rings. The van der Waals surface area contributed by atoms with E-state index in [2.05, 4.69) is 5.32 Å². The number of thioether (sulfide) groups is 1. The summed E-state index contributed by atoms with van der Waals surface area (Å²) >= 11 is 7.23. The molecule has 0 spiro atoms. The van der Waals surface area contributed by atoms with E-state index in [-0.39, 0.29) is 18.2 Å². The van der Waals surface area contributed by atoms with Gasteiger partial charge in [-0.15, -0.1) is 11.8 Å². The number of aliphatic carboxylic acids is 1. The van der Waals surface area contributed by atoms with E-state index in [0.29, 0.717) is 5.02 Å². The molecule has 1 aromatic carbocycles. The van der Waals surface area contributed by atoms with Gasteiger partial charge in [0.05, 0.1) is 22.8 Å². The van der Waals surface area contributed by atoms with Gasteiger partial charge < -0.3 is 15.5 Å². The molecule has 0 aliphatic rings. The summed E-state index contributed by atoms with van der Waals surface area (Å²) in [6, 6.07) is 7.17. The van der Waals surface area contributed by atoms with Crippen LogP contribution in [0.5, 0.6) is 0 Å². The van der Waals surface area contributed by atoms with E-state index in [1.807, 2.05) is 6.07 Å². The molecule has 5 nitrogen and oxygen atoms in total. The summed E-state index contributed by atoms with van der Waals surface area (Å²) in [5, 5.41) is 21.4. The number of benzene rings is 1. The fourth-order valence-corrected chi connectivity index (χ4v) is 2.50. The van der Waals surface area contributed by atoms with Crippen LogP contribution in [0.15, 0.2) is 29.2 Å². The Labute approximate surface area is 126 Å². The molecule has 1 rings (SSSR count). The van der Waals surface area contributed by atoms with Gasteiger partial charge in [-0.05, 0) is 19.1 Å². The second-order valence-corrected chi connectivity index (χ2v) is 5.99. The molecule has 0 saturated heterocycles. The fourth-order valence-electron chi connectivity index (χ4n) is 1.43. The molecule has 3 N–H and O–H groups in total. The third-order valence-corrected chi connectivity index (χ3v) is 3.91. The van der Waals surface area contributed by atoms with E-state index < -0.39 is 18.0 Å². The lowest BCUT2D eigenvalue weighted by atomic mass is 10.0. The molecule has 0 fully saturated rings. The lowest BCUT2D eigenvalue weighted by molar-refractivity contribution is -0.142. The van der Waals surface area contributed by atoms with Crippen LogP contribution in [0.3, 0.4) is 0 Å². The first kappa shape index (κ1) is 16.8. The third kappa shape index (κ3) is 6.27. The zero-order valence-electron chi connectivity index (χ0n) is 10.9. The molecule has 1 atom stereocenters. The highest BCUT2D eigenvalue weighted by Crippen LogP contribution is 2.26. The first-order valence-corrected chi connectivity index (χ1v) is 7.25. The van der Waals surface area contributed by atoms with Crippen molar-refractivity contribution in [1.29, 1.82) is 0 Å². The summed E-state index contributed by atoms with van der Waals surface area (Å²) < 4.78 is 0. The quantitative estimate of drug-likeness (QED) is 0.667. The Bertz CT molecular complexity index is 493. The minimum Gasteiger partial charge on any atom is -0.481 e. The minimum absolute atomic E-state index is 0.110. The number of carbonyl (C=O) groups excluding carboxylic acids is 1. The van der Waals surface area contributed by atoms with Gasteiger partial charge in [0.15, 0.2) is 0 Å². The van der Waals surface area contributed by atoms with Crippen LogP contribution in [0.1, 0.15) is 13.3 Å². The van der Waals surface area contributed by atoms with E-state index in [1.165, 1.54) is 18.7 Å². The number of amides is 1. The lowest BCUT2D eigenvalue weighted by Crippen LogP contribution is -2.42. The van der Waals surface area contributed by atoms with Gasteiger partial charge in [-0.25, -0.2) is 0 Å². The highest BCUT2D eigenvalue weighted by molar-refractivity contribution is 8.00. The van der Waals surface area contributed by atoms with Gasteiger partial charge in [-0.1, -0.05) is 23.7 Å². The third-order valence-electron chi connectivity index (χ3n) is 2.39. The smallest absolute Gasteiger partial charge is 0.306 e. The molecule has 1 unspecified atom stereocenters. The Balaban J connectivity index is 2.38. The average molecular weight is 318 g/mol. The van der Waals surface area contributed by atoms with E-state index in [4.69, 9.17) is 16.7 Å². The van der Waals surface area contributed by atoms with Gasteiger partial charge in [0, 0.05) is 11.4 Å². The number of rotatable bonds is 7. The van der Waals surface area contributed by atoms with Crippen LogP contribution in [0.25, 0.3) is 0 Å². The predicted molar refractivity (Wildman–Crippen MR) is 78.1 cm³/mol. The molecule has 0 radical (unpaired) electrons. The lowest BCUT2D eigenvalue weighted by Gasteiger charge is -2.21. The summed E-state index contributed by atoms with van der Waals surface area (Å²) in [4.78, 5) is 22.9. The largest absolute Gasteiger partial charge is 0.481 e.